The van der Waals surface area contributed by atoms with Gasteiger partial charge >= 0.3 is 0 Å². The van der Waals surface area contributed by atoms with Crippen LogP contribution in [0.4, 0.5) is 0 Å². The van der Waals surface area contributed by atoms with Crippen molar-refractivity contribution < 1.29 is 9.59 Å². The first kappa shape index (κ1) is 9.95. The van der Waals surface area contributed by atoms with Crippen molar-refractivity contribution in [1.82, 2.24) is 9.80 Å². The molecule has 6 nitrogen and oxygen atoms in total. The first-order valence-corrected chi connectivity index (χ1v) is 5.00. The first-order chi connectivity index (χ1) is 7.06. The van der Waals surface area contributed by atoms with Gasteiger partial charge in [-0.05, 0) is 6.92 Å². The van der Waals surface area contributed by atoms with Gasteiger partial charge in [-0.2, -0.15) is 0 Å². The van der Waals surface area contributed by atoms with Crippen LogP contribution in [0, 0.1) is 17.2 Å². The first-order valence-electron chi connectivity index (χ1n) is 5.00. The molecule has 0 aromatic rings. The minimum Gasteiger partial charge on any atom is -0.370 e. The zero-order valence-corrected chi connectivity index (χ0v) is 8.56. The number of fused-ring (bicyclic) bond motifs is 1. The van der Waals surface area contributed by atoms with E-state index in [0.29, 0.717) is 19.6 Å². The molecule has 2 amide bonds. The van der Waals surface area contributed by atoms with Crippen molar-refractivity contribution in [3.05, 3.63) is 0 Å². The number of carbonyl (C=O) groups excluding carboxylic acids is 2. The second-order valence-corrected chi connectivity index (χ2v) is 3.92. The Bertz CT molecular complexity index is 317. The lowest BCUT2D eigenvalue weighted by atomic mass is 10.00. The quantitative estimate of drug-likeness (QED) is 0.324. The minimum absolute atomic E-state index is 0.0620. The van der Waals surface area contributed by atoms with Gasteiger partial charge in [0, 0.05) is 19.6 Å². The summed E-state index contributed by atoms with van der Waals surface area (Å²) in [5.41, 5.74) is 5.33. The number of carbonyl (C=O) groups is 2. The highest BCUT2D eigenvalue weighted by atomic mass is 16.2. The van der Waals surface area contributed by atoms with Crippen LogP contribution in [0.1, 0.15) is 6.92 Å². The molecule has 0 bridgehead atoms. The Kier molecular flexibility index (Phi) is 2.13. The molecule has 2 rings (SSSR count). The molecule has 0 aliphatic carbocycles. The standard InChI is InChI=1S/C9H14N4O2/c1-2-13-7(14)5-3-12(9(10)11)4-6(5)8(13)15/h5-6H,2-4H2,1H3,(H3,10,11)/t5-,6-/m1/s1. The molecule has 2 saturated heterocycles. The fraction of sp³-hybridized carbons (Fsp3) is 0.667. The van der Waals surface area contributed by atoms with Gasteiger partial charge in [-0.15, -0.1) is 0 Å². The number of hydrogen-bond donors (Lipinski definition) is 2. The summed E-state index contributed by atoms with van der Waals surface area (Å²) < 4.78 is 0. The van der Waals surface area contributed by atoms with Crippen molar-refractivity contribution in [2.75, 3.05) is 19.6 Å². The van der Waals surface area contributed by atoms with E-state index in [2.05, 4.69) is 0 Å². The van der Waals surface area contributed by atoms with Gasteiger partial charge in [-0.1, -0.05) is 0 Å². The lowest BCUT2D eigenvalue weighted by molar-refractivity contribution is -0.140. The molecule has 3 N–H and O–H groups in total. The molecular weight excluding hydrogens is 196 g/mol. The molecule has 2 fully saturated rings. The minimum atomic E-state index is -0.290. The Balaban J connectivity index is 2.18. The SMILES string of the molecule is CCN1C(=O)[C@@H]2CN(C(=N)N)C[C@H]2C1=O. The maximum atomic E-state index is 11.8. The van der Waals surface area contributed by atoms with Gasteiger partial charge < -0.3 is 10.6 Å². The maximum Gasteiger partial charge on any atom is 0.234 e. The number of nitrogens with two attached hydrogens (primary N) is 1. The van der Waals surface area contributed by atoms with E-state index in [1.807, 2.05) is 0 Å². The summed E-state index contributed by atoms with van der Waals surface area (Å²) >= 11 is 0. The van der Waals surface area contributed by atoms with E-state index >= 15 is 0 Å². The molecule has 0 spiro atoms. The smallest absolute Gasteiger partial charge is 0.234 e. The summed E-state index contributed by atoms with van der Waals surface area (Å²) in [6.07, 6.45) is 0. The van der Waals surface area contributed by atoms with E-state index < -0.39 is 0 Å². The Morgan fingerprint density at radius 1 is 1.40 bits per heavy atom. The monoisotopic (exact) mass is 210 g/mol. The zero-order valence-electron chi connectivity index (χ0n) is 8.56. The van der Waals surface area contributed by atoms with Crippen molar-refractivity contribution in [3.8, 4) is 0 Å². The largest absolute Gasteiger partial charge is 0.370 e. The van der Waals surface area contributed by atoms with Gasteiger partial charge in [0.2, 0.25) is 11.8 Å². The van der Waals surface area contributed by atoms with Crippen LogP contribution in [0.15, 0.2) is 0 Å². The molecule has 2 aliphatic heterocycles. The van der Waals surface area contributed by atoms with Gasteiger partial charge in [-0.3, -0.25) is 19.9 Å². The van der Waals surface area contributed by atoms with Crippen molar-refractivity contribution in [2.45, 2.75) is 6.92 Å². The molecule has 2 aliphatic rings. The number of imide groups is 1. The third-order valence-corrected chi connectivity index (χ3v) is 3.14. The number of likely N-dealkylation sites (tertiary alicyclic amines) is 2. The average Bonchev–Trinajstić information content (AvgIpc) is 2.69. The van der Waals surface area contributed by atoms with Gasteiger partial charge in [0.15, 0.2) is 5.96 Å². The van der Waals surface area contributed by atoms with Gasteiger partial charge in [-0.25, -0.2) is 0 Å². The van der Waals surface area contributed by atoms with Crippen LogP contribution < -0.4 is 5.73 Å². The summed E-state index contributed by atoms with van der Waals surface area (Å²) in [6, 6.07) is 0. The Morgan fingerprint density at radius 3 is 2.20 bits per heavy atom. The van der Waals surface area contributed by atoms with Crippen LogP contribution in [0.2, 0.25) is 0 Å². The molecular formula is C9H14N4O2. The summed E-state index contributed by atoms with van der Waals surface area (Å²) in [6.45, 7) is 3.03. The third kappa shape index (κ3) is 1.28. The molecule has 0 aromatic heterocycles. The van der Waals surface area contributed by atoms with Gasteiger partial charge in [0.25, 0.3) is 0 Å². The Hall–Kier alpha value is -1.59. The number of guanidine groups is 1. The van der Waals surface area contributed by atoms with Gasteiger partial charge in [0.1, 0.15) is 0 Å². The maximum absolute atomic E-state index is 11.8. The average molecular weight is 210 g/mol. The zero-order chi connectivity index (χ0) is 11.2. The molecule has 82 valence electrons. The van der Waals surface area contributed by atoms with Crippen LogP contribution in [0.3, 0.4) is 0 Å². The van der Waals surface area contributed by atoms with Crippen molar-refractivity contribution in [1.29, 1.82) is 5.41 Å². The van der Waals surface area contributed by atoms with Crippen LogP contribution in [0.5, 0.6) is 0 Å². The lowest BCUT2D eigenvalue weighted by Crippen LogP contribution is -2.40. The molecule has 15 heavy (non-hydrogen) atoms. The van der Waals surface area contributed by atoms with E-state index in [9.17, 15) is 9.59 Å². The van der Waals surface area contributed by atoms with Crippen molar-refractivity contribution >= 4 is 17.8 Å². The van der Waals surface area contributed by atoms with E-state index in [-0.39, 0.29) is 29.6 Å². The molecule has 2 heterocycles. The second kappa shape index (κ2) is 3.22. The summed E-state index contributed by atoms with van der Waals surface area (Å²) in [5, 5.41) is 7.27. The molecule has 0 radical (unpaired) electrons. The summed E-state index contributed by atoms with van der Waals surface area (Å²) in [5.74, 6) is -0.872. The second-order valence-electron chi connectivity index (χ2n) is 3.92. The predicted octanol–water partition coefficient (Wildman–Crippen LogP) is -1.18. The number of amides is 2. The topological polar surface area (TPSA) is 90.5 Å². The van der Waals surface area contributed by atoms with Crippen LogP contribution in [-0.4, -0.2) is 47.2 Å². The normalized spacial score (nSPS) is 29.9. The number of rotatable bonds is 1. The van der Waals surface area contributed by atoms with Crippen LogP contribution in [-0.2, 0) is 9.59 Å². The fourth-order valence-electron chi connectivity index (χ4n) is 2.32. The molecule has 0 aromatic carbocycles. The highest BCUT2D eigenvalue weighted by Crippen LogP contribution is 2.32. The highest BCUT2D eigenvalue weighted by molar-refractivity contribution is 6.06. The molecule has 0 unspecified atom stereocenters. The van der Waals surface area contributed by atoms with Gasteiger partial charge in [0.05, 0.1) is 11.8 Å². The third-order valence-electron chi connectivity index (χ3n) is 3.14. The number of nitrogens with one attached hydrogen (secondary N) is 1. The molecule has 6 heteroatoms. The van der Waals surface area contributed by atoms with Crippen molar-refractivity contribution in [2.24, 2.45) is 17.6 Å². The van der Waals surface area contributed by atoms with E-state index in [1.54, 1.807) is 11.8 Å². The van der Waals surface area contributed by atoms with E-state index in [4.69, 9.17) is 11.1 Å². The van der Waals surface area contributed by atoms with Crippen LogP contribution in [0.25, 0.3) is 0 Å². The summed E-state index contributed by atoms with van der Waals surface area (Å²) in [7, 11) is 0. The summed E-state index contributed by atoms with van der Waals surface area (Å²) in [4.78, 5) is 26.4. The van der Waals surface area contributed by atoms with E-state index in [0.717, 1.165) is 0 Å². The Labute approximate surface area is 87.5 Å². The Morgan fingerprint density at radius 2 is 1.87 bits per heavy atom. The molecule has 0 saturated carbocycles. The van der Waals surface area contributed by atoms with Crippen LogP contribution >= 0.6 is 0 Å². The number of nitrogens with zero attached hydrogens (tertiary/aromatic N) is 2. The molecule has 2 atom stereocenters. The predicted molar refractivity (Wildman–Crippen MR) is 52.9 cm³/mol. The lowest BCUT2D eigenvalue weighted by Gasteiger charge is -2.19. The highest BCUT2D eigenvalue weighted by Gasteiger charge is 2.52. The van der Waals surface area contributed by atoms with E-state index in [1.165, 1.54) is 4.90 Å². The fourth-order valence-corrected chi connectivity index (χ4v) is 2.32. The van der Waals surface area contributed by atoms with Crippen molar-refractivity contribution in [3.63, 3.8) is 0 Å². The number of hydrogen-bond acceptors (Lipinski definition) is 3.